The van der Waals surface area contributed by atoms with Gasteiger partial charge in [0.05, 0.1) is 12.7 Å². The number of pyridine rings is 1. The fraction of sp³-hybridized carbons (Fsp3) is 0.130. The highest BCUT2D eigenvalue weighted by molar-refractivity contribution is 5.82. The van der Waals surface area contributed by atoms with E-state index in [-0.39, 0.29) is 5.56 Å². The minimum atomic E-state index is -0.0214. The van der Waals surface area contributed by atoms with Gasteiger partial charge in [-0.3, -0.25) is 9.48 Å². The van der Waals surface area contributed by atoms with Crippen molar-refractivity contribution in [3.8, 4) is 22.3 Å². The van der Waals surface area contributed by atoms with E-state index in [1.54, 1.807) is 17.7 Å². The van der Waals surface area contributed by atoms with E-state index in [9.17, 15) is 4.79 Å². The van der Waals surface area contributed by atoms with Gasteiger partial charge in [0, 0.05) is 36.6 Å². The highest BCUT2D eigenvalue weighted by Crippen LogP contribution is 2.31. The smallest absolute Gasteiger partial charge is 0.250 e. The lowest BCUT2D eigenvalue weighted by atomic mass is 9.97. The van der Waals surface area contributed by atoms with Gasteiger partial charge >= 0.3 is 0 Å². The second-order valence-corrected chi connectivity index (χ2v) is 6.83. The van der Waals surface area contributed by atoms with Crippen LogP contribution in [0.2, 0.25) is 0 Å². The van der Waals surface area contributed by atoms with Gasteiger partial charge < -0.3 is 4.57 Å². The number of aryl methyl sites for hydroxylation is 2. The summed E-state index contributed by atoms with van der Waals surface area (Å²) in [6.45, 7) is 2.77. The Hall–Kier alpha value is -3.40. The predicted octanol–water partition coefficient (Wildman–Crippen LogP) is 4.27. The molecule has 0 unspecified atom stereocenters. The third kappa shape index (κ3) is 3.60. The first-order valence-electron chi connectivity index (χ1n) is 8.94. The van der Waals surface area contributed by atoms with Crippen LogP contribution >= 0.6 is 0 Å². The molecule has 0 fully saturated rings. The topological polar surface area (TPSA) is 39.8 Å². The van der Waals surface area contributed by atoms with E-state index in [1.807, 2.05) is 53.6 Å². The molecule has 0 saturated heterocycles. The Kier molecular flexibility index (Phi) is 4.47. The summed E-state index contributed by atoms with van der Waals surface area (Å²) in [5, 5.41) is 4.52. The van der Waals surface area contributed by atoms with Crippen molar-refractivity contribution in [1.82, 2.24) is 14.3 Å². The minimum absolute atomic E-state index is 0.0214. The largest absolute Gasteiger partial charge is 0.318 e. The molecule has 4 rings (SSSR count). The third-order valence-electron chi connectivity index (χ3n) is 4.69. The Morgan fingerprint density at radius 3 is 2.48 bits per heavy atom. The molecule has 0 radical (unpaired) electrons. The van der Waals surface area contributed by atoms with Crippen LogP contribution in [-0.2, 0) is 13.6 Å². The molecule has 2 aromatic heterocycles. The van der Waals surface area contributed by atoms with Gasteiger partial charge in [-0.15, -0.1) is 0 Å². The zero-order valence-electron chi connectivity index (χ0n) is 15.5. The molecule has 2 aromatic carbocycles. The van der Waals surface area contributed by atoms with Gasteiger partial charge in [0.15, 0.2) is 0 Å². The lowest BCUT2D eigenvalue weighted by molar-refractivity contribution is 0.687. The molecule has 27 heavy (non-hydrogen) atoms. The van der Waals surface area contributed by atoms with E-state index >= 15 is 0 Å². The van der Waals surface area contributed by atoms with Crippen molar-refractivity contribution >= 4 is 0 Å². The van der Waals surface area contributed by atoms with Crippen molar-refractivity contribution in [3.05, 3.63) is 101 Å². The van der Waals surface area contributed by atoms with Crippen LogP contribution in [0.25, 0.3) is 22.3 Å². The van der Waals surface area contributed by atoms with Gasteiger partial charge in [-0.1, -0.05) is 60.2 Å². The first-order chi connectivity index (χ1) is 13.1. The standard InChI is InChI=1S/C23H21N3O/c1-17-7-6-10-19(11-17)21-12-23(27)25(2)16-22(21)20-13-24-26(15-20)14-18-8-4-3-5-9-18/h3-13,15-16H,14H2,1-2H3. The second-order valence-electron chi connectivity index (χ2n) is 6.83. The highest BCUT2D eigenvalue weighted by Gasteiger charge is 2.12. The summed E-state index contributed by atoms with van der Waals surface area (Å²) in [6.07, 6.45) is 5.79. The number of hydrogen-bond donors (Lipinski definition) is 0. The summed E-state index contributed by atoms with van der Waals surface area (Å²) in [4.78, 5) is 12.3. The molecule has 2 heterocycles. The fourth-order valence-corrected chi connectivity index (χ4v) is 3.27. The molecule has 4 heteroatoms. The van der Waals surface area contributed by atoms with Crippen LogP contribution in [0.1, 0.15) is 11.1 Å². The van der Waals surface area contributed by atoms with Crippen molar-refractivity contribution in [2.75, 3.05) is 0 Å². The quantitative estimate of drug-likeness (QED) is 0.548. The first-order valence-corrected chi connectivity index (χ1v) is 8.94. The van der Waals surface area contributed by atoms with Crippen LogP contribution in [0.15, 0.2) is 84.0 Å². The normalized spacial score (nSPS) is 10.9. The zero-order valence-corrected chi connectivity index (χ0v) is 15.5. The summed E-state index contributed by atoms with van der Waals surface area (Å²) in [6, 6.07) is 20.2. The molecule has 0 spiro atoms. The van der Waals surface area contributed by atoms with Gasteiger partial charge in [0.25, 0.3) is 5.56 Å². The summed E-state index contributed by atoms with van der Waals surface area (Å²) in [5.41, 5.74) is 6.32. The van der Waals surface area contributed by atoms with Crippen LogP contribution < -0.4 is 5.56 Å². The third-order valence-corrected chi connectivity index (χ3v) is 4.69. The lowest BCUT2D eigenvalue weighted by Crippen LogP contribution is -2.15. The van der Waals surface area contributed by atoms with E-state index in [0.29, 0.717) is 6.54 Å². The number of benzene rings is 2. The Balaban J connectivity index is 1.78. The Labute approximate surface area is 158 Å². The molecule has 0 saturated carbocycles. The molecule has 0 aliphatic rings. The van der Waals surface area contributed by atoms with Gasteiger partial charge in [-0.25, -0.2) is 0 Å². The maximum absolute atomic E-state index is 12.3. The maximum atomic E-state index is 12.3. The number of hydrogen-bond acceptors (Lipinski definition) is 2. The molecule has 4 nitrogen and oxygen atoms in total. The van der Waals surface area contributed by atoms with E-state index < -0.39 is 0 Å². The lowest BCUT2D eigenvalue weighted by Gasteiger charge is -2.11. The SMILES string of the molecule is Cc1cccc(-c2cc(=O)n(C)cc2-c2cnn(Cc3ccccc3)c2)c1. The van der Waals surface area contributed by atoms with Gasteiger partial charge in [-0.2, -0.15) is 5.10 Å². The van der Waals surface area contributed by atoms with Crippen LogP contribution in [0, 0.1) is 6.92 Å². The highest BCUT2D eigenvalue weighted by atomic mass is 16.1. The molecule has 0 N–H and O–H groups in total. The van der Waals surface area contributed by atoms with Crippen LogP contribution in [0.4, 0.5) is 0 Å². The van der Waals surface area contributed by atoms with Crippen LogP contribution in [-0.4, -0.2) is 14.3 Å². The Bertz CT molecular complexity index is 1140. The summed E-state index contributed by atoms with van der Waals surface area (Å²) >= 11 is 0. The molecule has 0 aliphatic heterocycles. The second kappa shape index (κ2) is 7.08. The summed E-state index contributed by atoms with van der Waals surface area (Å²) in [5.74, 6) is 0. The Morgan fingerprint density at radius 2 is 1.70 bits per heavy atom. The molecule has 0 bridgehead atoms. The van der Waals surface area contributed by atoms with E-state index in [2.05, 4.69) is 36.3 Å². The van der Waals surface area contributed by atoms with Crippen molar-refractivity contribution in [3.63, 3.8) is 0 Å². The van der Waals surface area contributed by atoms with Gasteiger partial charge in [0.2, 0.25) is 0 Å². The molecule has 0 atom stereocenters. The fourth-order valence-electron chi connectivity index (χ4n) is 3.27. The van der Waals surface area contributed by atoms with Gasteiger partial charge in [-0.05, 0) is 23.6 Å². The van der Waals surface area contributed by atoms with E-state index in [1.165, 1.54) is 11.1 Å². The molecule has 134 valence electrons. The number of nitrogens with zero attached hydrogens (tertiary/aromatic N) is 3. The van der Waals surface area contributed by atoms with Crippen LogP contribution in [0.5, 0.6) is 0 Å². The van der Waals surface area contributed by atoms with E-state index in [4.69, 9.17) is 0 Å². The van der Waals surface area contributed by atoms with Crippen LogP contribution in [0.3, 0.4) is 0 Å². The molecule has 0 aliphatic carbocycles. The van der Waals surface area contributed by atoms with E-state index in [0.717, 1.165) is 22.3 Å². The summed E-state index contributed by atoms with van der Waals surface area (Å²) < 4.78 is 3.54. The van der Waals surface area contributed by atoms with Crippen molar-refractivity contribution in [2.45, 2.75) is 13.5 Å². The number of aromatic nitrogens is 3. The molecular weight excluding hydrogens is 334 g/mol. The first kappa shape index (κ1) is 17.0. The molecular formula is C23H21N3O. The van der Waals surface area contributed by atoms with Crippen molar-refractivity contribution in [1.29, 1.82) is 0 Å². The van der Waals surface area contributed by atoms with Crippen molar-refractivity contribution in [2.24, 2.45) is 7.05 Å². The average Bonchev–Trinajstić information content (AvgIpc) is 3.13. The van der Waals surface area contributed by atoms with Crippen molar-refractivity contribution < 1.29 is 0 Å². The molecule has 0 amide bonds. The zero-order chi connectivity index (χ0) is 18.8. The monoisotopic (exact) mass is 355 g/mol. The average molecular weight is 355 g/mol. The Morgan fingerprint density at radius 1 is 0.889 bits per heavy atom. The summed E-state index contributed by atoms with van der Waals surface area (Å²) in [7, 11) is 1.78. The molecule has 4 aromatic rings. The van der Waals surface area contributed by atoms with Gasteiger partial charge in [0.1, 0.15) is 0 Å². The minimum Gasteiger partial charge on any atom is -0.318 e. The predicted molar refractivity (Wildman–Crippen MR) is 109 cm³/mol. The maximum Gasteiger partial charge on any atom is 0.250 e. The number of rotatable bonds is 4.